The summed E-state index contributed by atoms with van der Waals surface area (Å²) < 4.78 is 20.2. The molecule has 1 aromatic rings. The van der Waals surface area contributed by atoms with Crippen LogP contribution < -0.4 is 5.32 Å². The van der Waals surface area contributed by atoms with Crippen molar-refractivity contribution in [2.75, 3.05) is 39.4 Å². The SMILES string of the molecule is Cl.Cl.Fc1c(Cl)ccc(Cl)c1[C@@H](C1CCOCC1)N1CCNCC1. The van der Waals surface area contributed by atoms with Crippen LogP contribution in [0.5, 0.6) is 0 Å². The van der Waals surface area contributed by atoms with Crippen LogP contribution in [0.15, 0.2) is 12.1 Å². The Bertz CT molecular complexity index is 505. The number of hydrogen-bond donors (Lipinski definition) is 1. The molecular weight excluding hydrogens is 397 g/mol. The lowest BCUT2D eigenvalue weighted by molar-refractivity contribution is 0.0203. The summed E-state index contributed by atoms with van der Waals surface area (Å²) >= 11 is 12.4. The number of ether oxygens (including phenoxy) is 1. The Morgan fingerprint density at radius 2 is 1.67 bits per heavy atom. The number of rotatable bonds is 3. The molecule has 0 aromatic heterocycles. The van der Waals surface area contributed by atoms with Gasteiger partial charge in [-0.3, -0.25) is 4.90 Å². The maximum atomic E-state index is 14.7. The molecule has 2 saturated heterocycles. The standard InChI is InChI=1S/C16H21Cl2FN2O.2ClH/c17-12-1-2-13(18)15(19)14(12)16(11-3-9-22-10-4-11)21-7-5-20-6-8-21;;/h1-2,11,16,20H,3-10H2;2*1H/t16-;;/m1../s1. The van der Waals surface area contributed by atoms with E-state index in [-0.39, 0.29) is 41.7 Å². The molecule has 0 bridgehead atoms. The number of nitrogens with one attached hydrogen (secondary N) is 1. The summed E-state index contributed by atoms with van der Waals surface area (Å²) in [6.07, 6.45) is 1.85. The predicted octanol–water partition coefficient (Wildman–Crippen LogP) is 4.35. The Morgan fingerprint density at radius 3 is 2.29 bits per heavy atom. The van der Waals surface area contributed by atoms with E-state index in [4.69, 9.17) is 27.9 Å². The van der Waals surface area contributed by atoms with E-state index in [0.29, 0.717) is 16.5 Å². The Balaban J connectivity index is 0.00000144. The summed E-state index contributed by atoms with van der Waals surface area (Å²) in [5.74, 6) is -0.0264. The lowest BCUT2D eigenvalue weighted by Crippen LogP contribution is -2.47. The minimum atomic E-state index is -0.371. The van der Waals surface area contributed by atoms with Gasteiger partial charge in [-0.1, -0.05) is 23.2 Å². The molecule has 0 spiro atoms. The van der Waals surface area contributed by atoms with Crippen molar-refractivity contribution in [2.45, 2.75) is 18.9 Å². The first-order chi connectivity index (χ1) is 10.7. The largest absolute Gasteiger partial charge is 0.381 e. The minimum absolute atomic E-state index is 0. The molecule has 138 valence electrons. The van der Waals surface area contributed by atoms with Gasteiger partial charge in [0.05, 0.1) is 5.02 Å². The van der Waals surface area contributed by atoms with Crippen molar-refractivity contribution < 1.29 is 9.13 Å². The van der Waals surface area contributed by atoms with E-state index in [0.717, 1.165) is 52.2 Å². The summed E-state index contributed by atoms with van der Waals surface area (Å²) in [4.78, 5) is 2.34. The quantitative estimate of drug-likeness (QED) is 0.737. The molecule has 0 saturated carbocycles. The Hall–Kier alpha value is 0.190. The highest BCUT2D eigenvalue weighted by atomic mass is 35.5. The molecule has 0 radical (unpaired) electrons. The topological polar surface area (TPSA) is 24.5 Å². The third-order valence-electron chi connectivity index (χ3n) is 4.63. The first-order valence-electron chi connectivity index (χ1n) is 7.84. The second-order valence-electron chi connectivity index (χ2n) is 5.94. The number of piperazine rings is 1. The second kappa shape index (κ2) is 10.4. The van der Waals surface area contributed by atoms with Crippen LogP contribution in [0.2, 0.25) is 10.0 Å². The van der Waals surface area contributed by atoms with Crippen molar-refractivity contribution in [1.82, 2.24) is 10.2 Å². The monoisotopic (exact) mass is 418 g/mol. The van der Waals surface area contributed by atoms with Crippen LogP contribution >= 0.6 is 48.0 Å². The van der Waals surface area contributed by atoms with Crippen LogP contribution in [0.1, 0.15) is 24.4 Å². The first kappa shape index (κ1) is 22.2. The van der Waals surface area contributed by atoms with Gasteiger partial charge in [-0.25, -0.2) is 4.39 Å². The van der Waals surface area contributed by atoms with Gasteiger partial charge < -0.3 is 10.1 Å². The maximum Gasteiger partial charge on any atom is 0.148 e. The van der Waals surface area contributed by atoms with Gasteiger partial charge in [-0.2, -0.15) is 0 Å². The second-order valence-corrected chi connectivity index (χ2v) is 6.75. The van der Waals surface area contributed by atoms with Crippen molar-refractivity contribution in [2.24, 2.45) is 5.92 Å². The van der Waals surface area contributed by atoms with Gasteiger partial charge in [0.25, 0.3) is 0 Å². The molecule has 1 atom stereocenters. The zero-order chi connectivity index (χ0) is 15.5. The highest BCUT2D eigenvalue weighted by molar-refractivity contribution is 6.33. The molecular formula is C16H23Cl4FN2O. The molecule has 1 N–H and O–H groups in total. The van der Waals surface area contributed by atoms with Crippen molar-refractivity contribution in [3.8, 4) is 0 Å². The highest BCUT2D eigenvalue weighted by Crippen LogP contribution is 2.41. The van der Waals surface area contributed by atoms with Gasteiger partial charge >= 0.3 is 0 Å². The van der Waals surface area contributed by atoms with Gasteiger partial charge in [-0.15, -0.1) is 24.8 Å². The molecule has 3 nitrogen and oxygen atoms in total. The maximum absolute atomic E-state index is 14.7. The van der Waals surface area contributed by atoms with Crippen LogP contribution in [0.3, 0.4) is 0 Å². The summed E-state index contributed by atoms with van der Waals surface area (Å²) in [7, 11) is 0. The number of nitrogens with zero attached hydrogens (tertiary/aromatic N) is 1. The third-order valence-corrected chi connectivity index (χ3v) is 5.25. The molecule has 1 aromatic carbocycles. The molecule has 0 amide bonds. The first-order valence-corrected chi connectivity index (χ1v) is 8.60. The summed E-state index contributed by atoms with van der Waals surface area (Å²) in [6, 6.07) is 3.20. The molecule has 2 aliphatic heterocycles. The molecule has 8 heteroatoms. The number of benzene rings is 1. The molecule has 2 aliphatic rings. The Morgan fingerprint density at radius 1 is 1.08 bits per heavy atom. The molecule has 0 aliphatic carbocycles. The smallest absolute Gasteiger partial charge is 0.148 e. The molecule has 0 unspecified atom stereocenters. The van der Waals surface area contributed by atoms with Crippen LogP contribution in [0.4, 0.5) is 4.39 Å². The van der Waals surface area contributed by atoms with Crippen molar-refractivity contribution >= 4 is 48.0 Å². The van der Waals surface area contributed by atoms with E-state index in [1.54, 1.807) is 6.07 Å². The van der Waals surface area contributed by atoms with Crippen molar-refractivity contribution in [3.63, 3.8) is 0 Å². The Kier molecular flexibility index (Phi) is 9.60. The summed E-state index contributed by atoms with van der Waals surface area (Å²) in [5.41, 5.74) is 0.558. The summed E-state index contributed by atoms with van der Waals surface area (Å²) in [5, 5.41) is 3.96. The third kappa shape index (κ3) is 4.88. The van der Waals surface area contributed by atoms with E-state index in [1.165, 1.54) is 6.07 Å². The fraction of sp³-hybridized carbons (Fsp3) is 0.625. The van der Waals surface area contributed by atoms with Crippen molar-refractivity contribution in [1.29, 1.82) is 0 Å². The minimum Gasteiger partial charge on any atom is -0.381 e. The van der Waals surface area contributed by atoms with Crippen LogP contribution in [0, 0.1) is 11.7 Å². The predicted molar refractivity (Wildman–Crippen MR) is 102 cm³/mol. The molecule has 2 fully saturated rings. The fourth-order valence-corrected chi connectivity index (χ4v) is 3.94. The lowest BCUT2D eigenvalue weighted by Gasteiger charge is -2.41. The zero-order valence-electron chi connectivity index (χ0n) is 13.3. The van der Waals surface area contributed by atoms with Gasteiger partial charge in [-0.05, 0) is 30.9 Å². The normalized spacial score (nSPS) is 20.8. The van der Waals surface area contributed by atoms with Crippen molar-refractivity contribution in [3.05, 3.63) is 33.6 Å². The lowest BCUT2D eigenvalue weighted by atomic mass is 9.85. The van der Waals surface area contributed by atoms with E-state index in [2.05, 4.69) is 10.2 Å². The average Bonchev–Trinajstić information content (AvgIpc) is 2.57. The van der Waals surface area contributed by atoms with Gasteiger partial charge in [0.15, 0.2) is 0 Å². The van der Waals surface area contributed by atoms with E-state index in [1.807, 2.05) is 0 Å². The van der Waals surface area contributed by atoms with Crippen LogP contribution in [-0.2, 0) is 4.74 Å². The van der Waals surface area contributed by atoms with Gasteiger partial charge in [0.2, 0.25) is 0 Å². The van der Waals surface area contributed by atoms with E-state index >= 15 is 0 Å². The number of hydrogen-bond acceptors (Lipinski definition) is 3. The number of halogens is 5. The van der Waals surface area contributed by atoms with Crippen LogP contribution in [-0.4, -0.2) is 44.3 Å². The highest BCUT2D eigenvalue weighted by Gasteiger charge is 2.34. The van der Waals surface area contributed by atoms with E-state index in [9.17, 15) is 4.39 Å². The van der Waals surface area contributed by atoms with Gasteiger partial charge in [0, 0.05) is 56.0 Å². The average molecular weight is 420 g/mol. The van der Waals surface area contributed by atoms with Gasteiger partial charge in [0.1, 0.15) is 5.82 Å². The Labute approximate surface area is 165 Å². The zero-order valence-corrected chi connectivity index (χ0v) is 16.4. The fourth-order valence-electron chi connectivity index (χ4n) is 3.52. The molecule has 2 heterocycles. The van der Waals surface area contributed by atoms with E-state index < -0.39 is 0 Å². The van der Waals surface area contributed by atoms with Crippen LogP contribution in [0.25, 0.3) is 0 Å². The summed E-state index contributed by atoms with van der Waals surface area (Å²) in [6.45, 7) is 5.08. The molecule has 24 heavy (non-hydrogen) atoms. The molecule has 3 rings (SSSR count).